The van der Waals surface area contributed by atoms with Crippen molar-refractivity contribution < 1.29 is 40.6 Å². The van der Waals surface area contributed by atoms with Gasteiger partial charge in [0.15, 0.2) is 11.5 Å². The highest BCUT2D eigenvalue weighted by molar-refractivity contribution is 7.92. The van der Waals surface area contributed by atoms with Crippen molar-refractivity contribution in [3.8, 4) is 17.2 Å². The number of nitrogens with one attached hydrogen (secondary N) is 1. The second-order valence-electron chi connectivity index (χ2n) is 8.70. The Morgan fingerprint density at radius 2 is 1.71 bits per heavy atom. The molecule has 0 aliphatic carbocycles. The summed E-state index contributed by atoms with van der Waals surface area (Å²) < 4.78 is 75.3. The van der Waals surface area contributed by atoms with Gasteiger partial charge in [0.05, 0.1) is 32.3 Å². The van der Waals surface area contributed by atoms with E-state index in [1.165, 1.54) is 27.9 Å². The first-order valence-electron chi connectivity index (χ1n) is 12.0. The molecule has 1 amide bonds. The number of amides is 1. The van der Waals surface area contributed by atoms with Crippen LogP contribution in [0.15, 0.2) is 41.3 Å². The van der Waals surface area contributed by atoms with Crippen LogP contribution in [0.25, 0.3) is 0 Å². The van der Waals surface area contributed by atoms with Gasteiger partial charge >= 0.3 is 0 Å². The predicted octanol–water partition coefficient (Wildman–Crippen LogP) is 1.67. The third-order valence-corrected chi connectivity index (χ3v) is 9.13. The molecular weight excluding hydrogens is 538 g/mol. The van der Waals surface area contributed by atoms with Crippen LogP contribution in [0.4, 0.5) is 11.4 Å². The van der Waals surface area contributed by atoms with E-state index in [1.807, 2.05) is 0 Å². The zero-order valence-corrected chi connectivity index (χ0v) is 22.8. The molecule has 0 spiro atoms. The number of rotatable bonds is 10. The molecule has 208 valence electrons. The van der Waals surface area contributed by atoms with Gasteiger partial charge < -0.3 is 24.3 Å². The molecular formula is C24H31N3O9S2. The second-order valence-corrected chi connectivity index (χ2v) is 12.5. The maximum absolute atomic E-state index is 13.2. The van der Waals surface area contributed by atoms with E-state index in [2.05, 4.69) is 5.32 Å². The van der Waals surface area contributed by atoms with E-state index in [0.29, 0.717) is 43.6 Å². The van der Waals surface area contributed by atoms with Crippen LogP contribution in [0.5, 0.6) is 17.2 Å². The van der Waals surface area contributed by atoms with Crippen LogP contribution < -0.4 is 23.8 Å². The molecule has 0 bridgehead atoms. The van der Waals surface area contributed by atoms with Crippen molar-refractivity contribution in [1.29, 1.82) is 0 Å². The summed E-state index contributed by atoms with van der Waals surface area (Å²) in [6, 6.07) is 9.27. The molecule has 38 heavy (non-hydrogen) atoms. The zero-order chi connectivity index (χ0) is 27.3. The smallest absolute Gasteiger partial charge is 0.246 e. The number of anilines is 2. The molecule has 4 rings (SSSR count). The number of fused-ring (bicyclic) bond motifs is 1. The maximum Gasteiger partial charge on any atom is 0.246 e. The summed E-state index contributed by atoms with van der Waals surface area (Å²) in [7, 11) is -6.11. The number of carbonyl (C=O) groups is 1. The molecule has 0 radical (unpaired) electrons. The van der Waals surface area contributed by atoms with Gasteiger partial charge in [0.1, 0.15) is 23.9 Å². The van der Waals surface area contributed by atoms with Gasteiger partial charge in [-0.1, -0.05) is 0 Å². The van der Waals surface area contributed by atoms with Crippen LogP contribution in [-0.2, 0) is 29.6 Å². The number of hydrogen-bond acceptors (Lipinski definition) is 9. The van der Waals surface area contributed by atoms with Crippen molar-refractivity contribution in [3.63, 3.8) is 0 Å². The molecule has 2 heterocycles. The van der Waals surface area contributed by atoms with Crippen LogP contribution in [0, 0.1) is 0 Å². The van der Waals surface area contributed by atoms with E-state index in [-0.39, 0.29) is 54.7 Å². The summed E-state index contributed by atoms with van der Waals surface area (Å²) in [5, 5.41) is 2.70. The molecule has 2 aromatic carbocycles. The molecule has 14 heteroatoms. The first kappa shape index (κ1) is 28.0. The first-order valence-corrected chi connectivity index (χ1v) is 15.3. The molecule has 0 unspecified atom stereocenters. The van der Waals surface area contributed by atoms with Crippen molar-refractivity contribution in [3.05, 3.63) is 36.4 Å². The lowest BCUT2D eigenvalue weighted by Gasteiger charge is -2.27. The van der Waals surface area contributed by atoms with E-state index in [0.717, 1.165) is 6.26 Å². The summed E-state index contributed by atoms with van der Waals surface area (Å²) >= 11 is 0. The quantitative estimate of drug-likeness (QED) is 0.452. The van der Waals surface area contributed by atoms with Crippen LogP contribution in [0.2, 0.25) is 0 Å². The Morgan fingerprint density at radius 1 is 1.00 bits per heavy atom. The van der Waals surface area contributed by atoms with Gasteiger partial charge in [-0.2, -0.15) is 4.31 Å². The maximum atomic E-state index is 13.2. The van der Waals surface area contributed by atoms with Crippen molar-refractivity contribution in [2.45, 2.75) is 17.7 Å². The molecule has 2 aliphatic heterocycles. The lowest BCUT2D eigenvalue weighted by atomic mass is 10.2. The Balaban J connectivity index is 1.42. The third-order valence-electron chi connectivity index (χ3n) is 6.01. The number of benzene rings is 2. The van der Waals surface area contributed by atoms with Gasteiger partial charge in [-0.05, 0) is 36.8 Å². The minimum absolute atomic E-state index is 0.00808. The Bertz CT molecular complexity index is 1370. The number of carbonyl (C=O) groups excluding carboxylic acids is 1. The molecule has 12 nitrogen and oxygen atoms in total. The molecule has 0 aromatic heterocycles. The van der Waals surface area contributed by atoms with E-state index >= 15 is 0 Å². The fraction of sp³-hybridized carbons (Fsp3) is 0.458. The highest BCUT2D eigenvalue weighted by Gasteiger charge is 2.30. The summed E-state index contributed by atoms with van der Waals surface area (Å²) in [4.78, 5) is 12.6. The fourth-order valence-corrected chi connectivity index (χ4v) is 6.71. The van der Waals surface area contributed by atoms with Gasteiger partial charge in [-0.3, -0.25) is 9.10 Å². The number of ether oxygens (including phenoxy) is 4. The lowest BCUT2D eigenvalue weighted by Crippen LogP contribution is -2.40. The van der Waals surface area contributed by atoms with E-state index < -0.39 is 20.0 Å². The number of morpholine rings is 1. The van der Waals surface area contributed by atoms with Crippen molar-refractivity contribution in [1.82, 2.24) is 4.31 Å². The second kappa shape index (κ2) is 11.8. The molecule has 0 saturated carbocycles. The highest BCUT2D eigenvalue weighted by atomic mass is 32.2. The van der Waals surface area contributed by atoms with E-state index in [9.17, 15) is 21.6 Å². The van der Waals surface area contributed by atoms with Crippen molar-refractivity contribution >= 4 is 37.3 Å². The zero-order valence-electron chi connectivity index (χ0n) is 21.2. The van der Waals surface area contributed by atoms with Crippen LogP contribution in [0.3, 0.4) is 0 Å². The van der Waals surface area contributed by atoms with Crippen LogP contribution in [-0.4, -0.2) is 86.5 Å². The van der Waals surface area contributed by atoms with Gasteiger partial charge in [-0.15, -0.1) is 0 Å². The average molecular weight is 570 g/mol. The van der Waals surface area contributed by atoms with E-state index in [4.69, 9.17) is 18.9 Å². The minimum atomic E-state index is -3.86. The molecule has 1 N–H and O–H groups in total. The van der Waals surface area contributed by atoms with Gasteiger partial charge in [0.25, 0.3) is 0 Å². The first-order chi connectivity index (χ1) is 18.1. The molecule has 1 saturated heterocycles. The predicted molar refractivity (Wildman–Crippen MR) is 140 cm³/mol. The highest BCUT2D eigenvalue weighted by Crippen LogP contribution is 2.35. The number of sulfonamides is 2. The average Bonchev–Trinajstić information content (AvgIpc) is 2.90. The Labute approximate surface area is 222 Å². The van der Waals surface area contributed by atoms with Gasteiger partial charge in [0.2, 0.25) is 26.0 Å². The standard InChI is InChI=1S/C24H31N3O9S2/c1-33-21-7-5-18(16-23(21)38(31,32)26-10-12-34-13-11-26)25-24(28)4-3-9-27(37(2,29)30)19-6-8-20-22(17-19)36-15-14-35-20/h5-8,16-17H,3-4,9-15H2,1-2H3,(H,25,28). The topological polar surface area (TPSA) is 141 Å². The van der Waals surface area contributed by atoms with Crippen LogP contribution >= 0.6 is 0 Å². The van der Waals surface area contributed by atoms with Gasteiger partial charge in [0, 0.05) is 37.8 Å². The fourth-order valence-electron chi connectivity index (χ4n) is 4.16. The molecule has 2 aromatic rings. The minimum Gasteiger partial charge on any atom is -0.495 e. The Hall–Kier alpha value is -3.07. The van der Waals surface area contributed by atoms with Crippen LogP contribution in [0.1, 0.15) is 12.8 Å². The largest absolute Gasteiger partial charge is 0.495 e. The van der Waals surface area contributed by atoms with E-state index in [1.54, 1.807) is 24.3 Å². The molecule has 2 aliphatic rings. The van der Waals surface area contributed by atoms with Crippen molar-refractivity contribution in [2.75, 3.05) is 69.0 Å². The normalized spacial score (nSPS) is 16.1. The Kier molecular flexibility index (Phi) is 8.65. The summed E-state index contributed by atoms with van der Waals surface area (Å²) in [5.74, 6) is 0.781. The Morgan fingerprint density at radius 3 is 2.39 bits per heavy atom. The van der Waals surface area contributed by atoms with Crippen molar-refractivity contribution in [2.24, 2.45) is 0 Å². The summed E-state index contributed by atoms with van der Waals surface area (Å²) in [6.07, 6.45) is 1.33. The molecule has 1 fully saturated rings. The number of nitrogens with zero attached hydrogens (tertiary/aromatic N) is 2. The number of hydrogen-bond donors (Lipinski definition) is 1. The monoisotopic (exact) mass is 569 g/mol. The SMILES string of the molecule is COc1ccc(NC(=O)CCCN(c2ccc3c(c2)OCCO3)S(C)(=O)=O)cc1S(=O)(=O)N1CCOCC1. The summed E-state index contributed by atoms with van der Waals surface area (Å²) in [5.41, 5.74) is 0.694. The number of methoxy groups -OCH3 is 1. The third kappa shape index (κ3) is 6.49. The van der Waals surface area contributed by atoms with Gasteiger partial charge in [-0.25, -0.2) is 16.8 Å². The lowest BCUT2D eigenvalue weighted by molar-refractivity contribution is -0.116. The summed E-state index contributed by atoms with van der Waals surface area (Å²) in [6.45, 7) is 1.90. The molecule has 0 atom stereocenters.